The number of carbonyl (C=O) groups excluding carboxylic acids is 17. The number of fused-ring (bicyclic) bond motifs is 3. The number of hydrogen-bond acceptors (Lipinski definition) is 27. The lowest BCUT2D eigenvalue weighted by Gasteiger charge is -2.29. The number of unbranched alkanes of at least 4 members (excludes halogenated alkanes) is 2. The summed E-state index contributed by atoms with van der Waals surface area (Å²) in [6.07, 6.45) is 2.47. The Bertz CT molecular complexity index is 4520. The normalized spacial score (nSPS) is 18.8. The molecule has 5 rings (SSSR count). The van der Waals surface area contributed by atoms with Crippen molar-refractivity contribution in [3.8, 4) is 0 Å². The lowest BCUT2D eigenvalue weighted by molar-refractivity contribution is -0.137. The van der Waals surface area contributed by atoms with Crippen molar-refractivity contribution in [3.05, 3.63) is 83.8 Å². The van der Waals surface area contributed by atoms with Crippen molar-refractivity contribution in [3.63, 3.8) is 0 Å². The number of aromatic nitrogens is 4. The zero-order valence-electron chi connectivity index (χ0n) is 77.3. The first-order chi connectivity index (χ1) is 63.1. The molecule has 3 heterocycles. The Hall–Kier alpha value is -11.4. The Labute approximate surface area is 781 Å². The summed E-state index contributed by atoms with van der Waals surface area (Å²) in [5.74, 6) is -15.6. The molecule has 2 aromatic carbocycles. The van der Waals surface area contributed by atoms with Crippen LogP contribution in [-0.2, 0) is 107 Å². The number of para-hydroxylation sites is 1. The molecule has 2 bridgehead atoms. The summed E-state index contributed by atoms with van der Waals surface area (Å²) < 4.78 is 1.42. The highest BCUT2D eigenvalue weighted by molar-refractivity contribution is 7.98. The monoisotopic (exact) mass is 1900 g/mol. The van der Waals surface area contributed by atoms with Crippen LogP contribution in [0.15, 0.2) is 67.0 Å². The number of H-pyrrole nitrogens is 1. The standard InChI is InChI=1S/C87H137N23O21S2/c1-46(2)37-63(82(126)105-68(45-111)73(90)117)101-84(128)67-41-55-44-110(109-108-55)34-22-19-29-58(76(120)93-48(5)74(118)100-65(39-53-23-13-12-14-24-53)83(127)98-60(78(122)102-67)28-18-21-33-89)96-77(121)59(27-17-20-32-88)97-81(125)64(38-47(3)4)103-85(129)71(50(7)113)106-80(124)62(31-36-133-11)99-79(123)61(30-35-132-10)95-69(116)43-92-75(119)66(40-54-42-91-57-26-16-15-25-56(54)57)104-86(130)72(51(8)114)107-87(131)70(49(6)112)94-52(9)115/h12-16,23-26,42,44,46-51,58-68,70-72,91,111-114H,17-22,27-41,43,45,88-89H2,1-11H3,(H2,90,117)(H,92,119)(H,93,120)(H,94,115)(H,95,116)(H,96,121)(H,97,125)(H,98,127)(H,99,123)(H,100,118)(H,101,128)(H,102,122)(H,103,129)(H,104,130)(H,105,126)(H,106,124)(H,107,131)/t48-,49-,50-,51-,58-,59-,60-,61-,62-,63-,64-,65+,66?,67+,68+,70+,71-,72+/m1/s1. The number of primary amides is 1. The zero-order valence-corrected chi connectivity index (χ0v) is 78.9. The molecule has 4 aromatic rings. The van der Waals surface area contributed by atoms with Gasteiger partial charge in [0.2, 0.25) is 100 Å². The van der Waals surface area contributed by atoms with Gasteiger partial charge in [-0.3, -0.25) is 86.2 Å². The molecule has 2 aromatic heterocycles. The van der Waals surface area contributed by atoms with E-state index in [-0.39, 0.29) is 139 Å². The van der Waals surface area contributed by atoms with E-state index >= 15 is 0 Å². The molecule has 27 N–H and O–H groups in total. The second kappa shape index (κ2) is 57.9. The van der Waals surface area contributed by atoms with Crippen molar-refractivity contribution in [1.82, 2.24) is 105 Å². The number of thioether (sulfide) groups is 2. The molecule has 44 nitrogen and oxygen atoms in total. The van der Waals surface area contributed by atoms with E-state index < -0.39 is 223 Å². The molecule has 0 saturated heterocycles. The third-order valence-corrected chi connectivity index (χ3v) is 22.9. The van der Waals surface area contributed by atoms with Crippen LogP contribution in [0.3, 0.4) is 0 Å². The molecule has 1 aliphatic rings. The third kappa shape index (κ3) is 38.6. The van der Waals surface area contributed by atoms with E-state index in [1.807, 2.05) is 0 Å². The topological polar surface area (TPSA) is 688 Å². The lowest BCUT2D eigenvalue weighted by atomic mass is 10.0. The quantitative estimate of drug-likeness (QED) is 0.0184. The number of rotatable bonds is 50. The molecule has 0 aliphatic carbocycles. The van der Waals surface area contributed by atoms with Crippen LogP contribution >= 0.6 is 23.5 Å². The number of aromatic amines is 1. The number of nitrogens with one attached hydrogen (secondary N) is 17. The SMILES string of the molecule is CSCC[C@@H](NC(=O)CNC(=O)C(Cc1c[nH]c2ccccc12)NC(=O)[C@@H](NC(=O)[C@@H](NC(C)=O)[C@@H](C)O)[C@@H](C)O)C(=O)N[C@H](CCSC)C(=O)N[C@@H](C(=O)N[C@H](CC(C)C)C(=O)N[C@H](CCCCN)C(=O)N[C@@H]1CCCCn2cc(nn2)C[C@@H](C(=O)N[C@H](CC(C)C)C(=O)N[C@@H](CO)C(N)=O)NC(=O)[C@@H](CCCCN)NC(=O)[C@H](Cc2ccccc2)NC(=O)[C@@H](C)NC1=O)[C@@H](C)O. The molecule has 18 atom stereocenters. The van der Waals surface area contributed by atoms with Crippen molar-refractivity contribution in [2.45, 2.75) is 281 Å². The van der Waals surface area contributed by atoms with Gasteiger partial charge in [-0.05, 0) is 177 Å². The Kier molecular flexibility index (Phi) is 48.8. The lowest BCUT2D eigenvalue weighted by Crippen LogP contribution is -2.62. The van der Waals surface area contributed by atoms with Crippen LogP contribution in [0.1, 0.15) is 163 Å². The summed E-state index contributed by atoms with van der Waals surface area (Å²) in [5.41, 5.74) is 19.2. The van der Waals surface area contributed by atoms with Gasteiger partial charge in [0.25, 0.3) is 0 Å². The number of aryl methyl sites for hydroxylation is 1. The van der Waals surface area contributed by atoms with Gasteiger partial charge in [-0.1, -0.05) is 81.4 Å². The average molecular weight is 1910 g/mol. The highest BCUT2D eigenvalue weighted by atomic mass is 32.2. The van der Waals surface area contributed by atoms with Crippen molar-refractivity contribution >= 4 is 135 Å². The van der Waals surface area contributed by atoms with Gasteiger partial charge < -0.3 is 128 Å². The van der Waals surface area contributed by atoms with E-state index in [1.165, 1.54) is 62.1 Å². The van der Waals surface area contributed by atoms with Gasteiger partial charge in [0.15, 0.2) is 0 Å². The molecule has 738 valence electrons. The summed E-state index contributed by atoms with van der Waals surface area (Å²) in [6, 6.07) is -6.81. The van der Waals surface area contributed by atoms with Gasteiger partial charge in [0.05, 0.1) is 37.2 Å². The van der Waals surface area contributed by atoms with Crippen LogP contribution in [0.25, 0.3) is 10.9 Å². The van der Waals surface area contributed by atoms with Crippen molar-refractivity contribution in [1.29, 1.82) is 0 Å². The Balaban J connectivity index is 1.39. The number of aliphatic hydroxyl groups is 4. The predicted octanol–water partition coefficient (Wildman–Crippen LogP) is -5.12. The fraction of sp³-hybridized carbons (Fsp3) is 0.621. The zero-order chi connectivity index (χ0) is 98.7. The number of nitrogens with zero attached hydrogens (tertiary/aromatic N) is 3. The molecule has 133 heavy (non-hydrogen) atoms. The van der Waals surface area contributed by atoms with E-state index in [9.17, 15) is 102 Å². The number of amides is 17. The van der Waals surface area contributed by atoms with Gasteiger partial charge in [0.1, 0.15) is 90.6 Å². The first kappa shape index (κ1) is 112. The summed E-state index contributed by atoms with van der Waals surface area (Å²) in [6.45, 7) is 11.9. The van der Waals surface area contributed by atoms with Crippen LogP contribution in [-0.4, -0.2) is 300 Å². The van der Waals surface area contributed by atoms with E-state index in [1.54, 1.807) is 101 Å². The van der Waals surface area contributed by atoms with Gasteiger partial charge >= 0.3 is 0 Å². The van der Waals surface area contributed by atoms with Crippen LogP contribution in [0.2, 0.25) is 0 Å². The minimum absolute atomic E-state index is 0.0174. The van der Waals surface area contributed by atoms with E-state index in [2.05, 4.69) is 100 Å². The molecular formula is C87H137N23O21S2. The second-order valence-corrected chi connectivity index (χ2v) is 35.9. The van der Waals surface area contributed by atoms with Crippen LogP contribution < -0.4 is 102 Å². The molecule has 0 radical (unpaired) electrons. The smallest absolute Gasteiger partial charge is 0.245 e. The fourth-order valence-corrected chi connectivity index (χ4v) is 15.3. The third-order valence-electron chi connectivity index (χ3n) is 21.7. The Morgan fingerprint density at radius 3 is 1.63 bits per heavy atom. The van der Waals surface area contributed by atoms with Crippen molar-refractivity contribution < 1.29 is 102 Å². The van der Waals surface area contributed by atoms with E-state index in [4.69, 9.17) is 17.2 Å². The van der Waals surface area contributed by atoms with E-state index in [0.717, 1.165) is 6.92 Å². The van der Waals surface area contributed by atoms with Gasteiger partial charge in [-0.2, -0.15) is 23.5 Å². The predicted molar refractivity (Wildman–Crippen MR) is 495 cm³/mol. The van der Waals surface area contributed by atoms with Crippen molar-refractivity contribution in [2.75, 3.05) is 50.3 Å². The van der Waals surface area contributed by atoms with Gasteiger partial charge in [-0.15, -0.1) is 5.10 Å². The highest BCUT2D eigenvalue weighted by Crippen LogP contribution is 2.21. The summed E-state index contributed by atoms with van der Waals surface area (Å²) >= 11 is 2.61. The maximum Gasteiger partial charge on any atom is 0.245 e. The number of carbonyl (C=O) groups is 17. The first-order valence-corrected chi connectivity index (χ1v) is 47.5. The molecule has 46 heteroatoms. The maximum atomic E-state index is 15.0. The maximum absolute atomic E-state index is 15.0. The number of benzene rings is 2. The van der Waals surface area contributed by atoms with Gasteiger partial charge in [-0.25, -0.2) is 0 Å². The summed E-state index contributed by atoms with van der Waals surface area (Å²) in [7, 11) is 0. The molecule has 0 fully saturated rings. The molecule has 0 saturated carbocycles. The molecule has 1 aliphatic heterocycles. The summed E-state index contributed by atoms with van der Waals surface area (Å²) in [5, 5.41) is 92.7. The number of nitrogens with two attached hydrogens (primary N) is 3. The molecule has 17 amide bonds. The van der Waals surface area contributed by atoms with Crippen molar-refractivity contribution in [2.24, 2.45) is 29.0 Å². The largest absolute Gasteiger partial charge is 0.394 e. The second-order valence-electron chi connectivity index (χ2n) is 34.0. The summed E-state index contributed by atoms with van der Waals surface area (Å²) in [4.78, 5) is 243. The number of aliphatic hydroxyl groups excluding tert-OH is 4. The molecule has 0 spiro atoms. The highest BCUT2D eigenvalue weighted by Gasteiger charge is 2.41. The van der Waals surface area contributed by atoms with Crippen LogP contribution in [0.5, 0.6) is 0 Å². The molecule has 1 unspecified atom stereocenters. The Morgan fingerprint density at radius 1 is 0.541 bits per heavy atom. The van der Waals surface area contributed by atoms with Gasteiger partial charge in [0, 0.05) is 56.0 Å². The Morgan fingerprint density at radius 2 is 1.05 bits per heavy atom. The first-order valence-electron chi connectivity index (χ1n) is 44.7. The fourth-order valence-electron chi connectivity index (χ4n) is 14.4. The minimum Gasteiger partial charge on any atom is -0.394 e. The number of hydrogen-bond donors (Lipinski definition) is 24. The minimum atomic E-state index is -1.81. The van der Waals surface area contributed by atoms with Crippen LogP contribution in [0, 0.1) is 11.8 Å². The molecular weight excluding hydrogens is 1770 g/mol. The van der Waals surface area contributed by atoms with Crippen LogP contribution in [0.4, 0.5) is 0 Å². The van der Waals surface area contributed by atoms with E-state index in [0.29, 0.717) is 34.9 Å². The average Bonchev–Trinajstić information content (AvgIpc) is 1.62.